The van der Waals surface area contributed by atoms with E-state index in [9.17, 15) is 14.4 Å². The number of likely N-dealkylation sites (tertiary alicyclic amines) is 1. The number of rotatable bonds is 6. The second kappa shape index (κ2) is 8.92. The monoisotopic (exact) mass is 419 g/mol. The third-order valence-corrected chi connectivity index (χ3v) is 6.37. The Morgan fingerprint density at radius 3 is 1.97 bits per heavy atom. The fourth-order valence-corrected chi connectivity index (χ4v) is 4.50. The van der Waals surface area contributed by atoms with Crippen LogP contribution in [0.15, 0.2) is 60.7 Å². The molecular formula is C25H29N3O3. The van der Waals surface area contributed by atoms with Gasteiger partial charge >= 0.3 is 6.03 Å². The zero-order chi connectivity index (χ0) is 21.8. The molecule has 2 aromatic carbocycles. The Balaban J connectivity index is 1.56. The number of nitrogens with one attached hydrogen (secondary N) is 1. The predicted molar refractivity (Wildman–Crippen MR) is 118 cm³/mol. The molecule has 2 saturated heterocycles. The van der Waals surface area contributed by atoms with Gasteiger partial charge < -0.3 is 10.2 Å². The van der Waals surface area contributed by atoms with E-state index in [-0.39, 0.29) is 18.4 Å². The lowest BCUT2D eigenvalue weighted by molar-refractivity contribution is -0.139. The van der Waals surface area contributed by atoms with Gasteiger partial charge in [0.1, 0.15) is 12.1 Å². The van der Waals surface area contributed by atoms with Gasteiger partial charge in [-0.1, -0.05) is 67.6 Å². The van der Waals surface area contributed by atoms with Crippen LogP contribution in [0.2, 0.25) is 0 Å². The number of imide groups is 1. The van der Waals surface area contributed by atoms with Crippen LogP contribution in [-0.2, 0) is 22.4 Å². The van der Waals surface area contributed by atoms with Crippen molar-refractivity contribution >= 4 is 17.8 Å². The van der Waals surface area contributed by atoms with Gasteiger partial charge in [-0.05, 0) is 29.9 Å². The van der Waals surface area contributed by atoms with Gasteiger partial charge in [-0.15, -0.1) is 0 Å². The molecule has 0 bridgehead atoms. The Labute approximate surface area is 183 Å². The summed E-state index contributed by atoms with van der Waals surface area (Å²) >= 11 is 0. The molecule has 2 heterocycles. The highest BCUT2D eigenvalue weighted by Crippen LogP contribution is 2.27. The molecule has 0 saturated carbocycles. The first-order chi connectivity index (χ1) is 15.0. The lowest BCUT2D eigenvalue weighted by Gasteiger charge is -2.31. The average Bonchev–Trinajstić information content (AvgIpc) is 2.99. The molecule has 0 unspecified atom stereocenters. The summed E-state index contributed by atoms with van der Waals surface area (Å²) in [6.07, 6.45) is 2.66. The Morgan fingerprint density at radius 2 is 1.45 bits per heavy atom. The molecule has 2 aliphatic heterocycles. The molecule has 0 spiro atoms. The molecule has 0 atom stereocenters. The molecule has 0 radical (unpaired) electrons. The molecule has 0 aromatic heterocycles. The summed E-state index contributed by atoms with van der Waals surface area (Å²) in [4.78, 5) is 42.2. The molecule has 6 nitrogen and oxygen atoms in total. The highest BCUT2D eigenvalue weighted by atomic mass is 16.2. The highest BCUT2D eigenvalue weighted by Gasteiger charge is 2.51. The Bertz CT molecular complexity index is 895. The minimum absolute atomic E-state index is 0.161. The summed E-state index contributed by atoms with van der Waals surface area (Å²) in [7, 11) is 0. The van der Waals surface area contributed by atoms with Crippen LogP contribution in [-0.4, -0.2) is 52.8 Å². The molecule has 2 aromatic rings. The highest BCUT2D eigenvalue weighted by molar-refractivity contribution is 6.09. The van der Waals surface area contributed by atoms with Crippen molar-refractivity contribution in [3.05, 3.63) is 71.8 Å². The van der Waals surface area contributed by atoms with E-state index in [1.165, 1.54) is 0 Å². The molecule has 6 heteroatoms. The van der Waals surface area contributed by atoms with E-state index in [2.05, 4.69) is 12.2 Å². The Kier molecular flexibility index (Phi) is 6.07. The van der Waals surface area contributed by atoms with Crippen molar-refractivity contribution < 1.29 is 14.4 Å². The Morgan fingerprint density at radius 1 is 0.935 bits per heavy atom. The molecule has 162 valence electrons. The van der Waals surface area contributed by atoms with Crippen LogP contribution in [0.5, 0.6) is 0 Å². The topological polar surface area (TPSA) is 69.7 Å². The molecule has 4 amide bonds. The first-order valence-electron chi connectivity index (χ1n) is 11.0. The number of hydrogen-bond acceptors (Lipinski definition) is 3. The van der Waals surface area contributed by atoms with Gasteiger partial charge in [0.05, 0.1) is 0 Å². The predicted octanol–water partition coefficient (Wildman–Crippen LogP) is 3.02. The van der Waals surface area contributed by atoms with Crippen molar-refractivity contribution in [3.63, 3.8) is 0 Å². The third-order valence-electron chi connectivity index (χ3n) is 6.37. The van der Waals surface area contributed by atoms with Gasteiger partial charge in [0.25, 0.3) is 5.91 Å². The third kappa shape index (κ3) is 4.63. The first-order valence-corrected chi connectivity index (χ1v) is 11.0. The fourth-order valence-electron chi connectivity index (χ4n) is 4.50. The van der Waals surface area contributed by atoms with E-state index in [0.29, 0.717) is 31.8 Å². The summed E-state index contributed by atoms with van der Waals surface area (Å²) < 4.78 is 0. The van der Waals surface area contributed by atoms with Crippen molar-refractivity contribution in [2.75, 3.05) is 19.6 Å². The molecule has 2 aliphatic rings. The number of carbonyl (C=O) groups is 3. The van der Waals surface area contributed by atoms with E-state index in [1.807, 2.05) is 60.7 Å². The molecular weight excluding hydrogens is 390 g/mol. The smallest absolute Gasteiger partial charge is 0.325 e. The largest absolute Gasteiger partial charge is 0.341 e. The van der Waals surface area contributed by atoms with Gasteiger partial charge in [0, 0.05) is 25.9 Å². The van der Waals surface area contributed by atoms with Crippen molar-refractivity contribution in [1.82, 2.24) is 15.1 Å². The van der Waals surface area contributed by atoms with Crippen molar-refractivity contribution in [2.45, 2.75) is 38.1 Å². The van der Waals surface area contributed by atoms with Crippen LogP contribution in [0.4, 0.5) is 4.79 Å². The van der Waals surface area contributed by atoms with Crippen LogP contribution in [0, 0.1) is 5.92 Å². The lowest BCUT2D eigenvalue weighted by atomic mass is 9.84. The van der Waals surface area contributed by atoms with E-state index in [1.54, 1.807) is 4.90 Å². The number of nitrogens with zero attached hydrogens (tertiary/aromatic N) is 2. The van der Waals surface area contributed by atoms with Crippen LogP contribution >= 0.6 is 0 Å². The number of benzene rings is 2. The molecule has 1 N–H and O–H groups in total. The maximum absolute atomic E-state index is 13.6. The van der Waals surface area contributed by atoms with Crippen LogP contribution in [0.25, 0.3) is 0 Å². The summed E-state index contributed by atoms with van der Waals surface area (Å²) in [5, 5.41) is 2.95. The summed E-state index contributed by atoms with van der Waals surface area (Å²) in [6, 6.07) is 18.9. The van der Waals surface area contributed by atoms with Gasteiger partial charge in [0.2, 0.25) is 5.91 Å². The second-order valence-electron chi connectivity index (χ2n) is 8.79. The number of hydrogen-bond donors (Lipinski definition) is 1. The molecule has 31 heavy (non-hydrogen) atoms. The summed E-state index contributed by atoms with van der Waals surface area (Å²) in [6.45, 7) is 3.34. The minimum atomic E-state index is -1.10. The first kappa shape index (κ1) is 21.1. The van der Waals surface area contributed by atoms with Crippen LogP contribution < -0.4 is 5.32 Å². The van der Waals surface area contributed by atoms with Crippen LogP contribution in [0.1, 0.15) is 30.9 Å². The van der Waals surface area contributed by atoms with Crippen molar-refractivity contribution in [3.8, 4) is 0 Å². The summed E-state index contributed by atoms with van der Waals surface area (Å²) in [5.74, 6) is 0.111. The van der Waals surface area contributed by atoms with Gasteiger partial charge in [-0.2, -0.15) is 0 Å². The second-order valence-corrected chi connectivity index (χ2v) is 8.79. The standard InChI is InChI=1S/C25H29N3O3/c1-19-12-14-27(15-13-19)22(29)18-28-23(30)25(26-24(28)31,16-20-8-4-2-5-9-20)17-21-10-6-3-7-11-21/h2-11,19H,12-18H2,1H3,(H,26,31). The number of piperidine rings is 1. The quantitative estimate of drug-likeness (QED) is 0.732. The number of urea groups is 1. The Hall–Kier alpha value is -3.15. The summed E-state index contributed by atoms with van der Waals surface area (Å²) in [5.41, 5.74) is 0.826. The maximum atomic E-state index is 13.6. The average molecular weight is 420 g/mol. The molecule has 2 fully saturated rings. The fraction of sp³-hybridized carbons (Fsp3) is 0.400. The molecule has 4 rings (SSSR count). The zero-order valence-corrected chi connectivity index (χ0v) is 17.9. The lowest BCUT2D eigenvalue weighted by Crippen LogP contribution is -2.51. The minimum Gasteiger partial charge on any atom is -0.341 e. The van der Waals surface area contributed by atoms with Gasteiger partial charge in [-0.25, -0.2) is 4.79 Å². The van der Waals surface area contributed by atoms with Gasteiger partial charge in [0.15, 0.2) is 0 Å². The van der Waals surface area contributed by atoms with Gasteiger partial charge in [-0.3, -0.25) is 14.5 Å². The van der Waals surface area contributed by atoms with Crippen LogP contribution in [0.3, 0.4) is 0 Å². The maximum Gasteiger partial charge on any atom is 0.325 e. The van der Waals surface area contributed by atoms with E-state index >= 15 is 0 Å². The van der Waals surface area contributed by atoms with E-state index in [4.69, 9.17) is 0 Å². The van der Waals surface area contributed by atoms with Crippen molar-refractivity contribution in [2.24, 2.45) is 5.92 Å². The zero-order valence-electron chi connectivity index (χ0n) is 17.9. The number of amides is 4. The number of carbonyl (C=O) groups excluding carboxylic acids is 3. The van der Waals surface area contributed by atoms with Crippen molar-refractivity contribution in [1.29, 1.82) is 0 Å². The molecule has 0 aliphatic carbocycles. The normalized spacial score (nSPS) is 18.9. The SMILES string of the molecule is CC1CCN(C(=O)CN2C(=O)NC(Cc3ccccc3)(Cc3ccccc3)C2=O)CC1. The van der Waals surface area contributed by atoms with E-state index < -0.39 is 11.6 Å². The van der Waals surface area contributed by atoms with E-state index in [0.717, 1.165) is 28.9 Å².